The lowest BCUT2D eigenvalue weighted by molar-refractivity contribution is -0.560. The molecular formula is C22H34NO2+. The molecule has 2 N–H and O–H groups in total. The van der Waals surface area contributed by atoms with Gasteiger partial charge in [0.1, 0.15) is 19.4 Å². The zero-order valence-electron chi connectivity index (χ0n) is 15.7. The van der Waals surface area contributed by atoms with E-state index in [1.54, 1.807) is 0 Å². The minimum atomic E-state index is -0.282. The van der Waals surface area contributed by atoms with Crippen LogP contribution in [0.4, 0.5) is 0 Å². The summed E-state index contributed by atoms with van der Waals surface area (Å²) in [6.07, 6.45) is 12.4. The van der Waals surface area contributed by atoms with E-state index in [4.69, 9.17) is 0 Å². The second kappa shape index (κ2) is 5.19. The zero-order valence-corrected chi connectivity index (χ0v) is 15.7. The molecule has 1 heterocycles. The minimum Gasteiger partial charge on any atom is -0.390 e. The van der Waals surface area contributed by atoms with Crippen LogP contribution in [0.1, 0.15) is 58.3 Å². The predicted octanol–water partition coefficient (Wildman–Crippen LogP) is 3.00. The van der Waals surface area contributed by atoms with Crippen molar-refractivity contribution >= 4 is 6.21 Å². The molecule has 6 aliphatic rings. The first-order chi connectivity index (χ1) is 12.0. The molecule has 25 heavy (non-hydrogen) atoms. The molecule has 0 aromatic rings. The van der Waals surface area contributed by atoms with E-state index < -0.39 is 0 Å². The van der Waals surface area contributed by atoms with Gasteiger partial charge < -0.3 is 10.2 Å². The molecule has 1 unspecified atom stereocenters. The van der Waals surface area contributed by atoms with Crippen molar-refractivity contribution in [3.63, 3.8) is 0 Å². The first kappa shape index (κ1) is 16.5. The van der Waals surface area contributed by atoms with Gasteiger partial charge in [0.25, 0.3) is 0 Å². The van der Waals surface area contributed by atoms with Crippen LogP contribution in [0, 0.1) is 34.0 Å². The lowest BCUT2D eigenvalue weighted by Crippen LogP contribution is -2.68. The number of hydrogen-bond acceptors (Lipinski definition) is 2. The normalized spacial score (nSPS) is 53.9. The molecule has 1 aliphatic heterocycles. The van der Waals surface area contributed by atoms with E-state index in [2.05, 4.69) is 24.3 Å². The van der Waals surface area contributed by atoms with Crippen molar-refractivity contribution in [1.82, 2.24) is 0 Å². The Morgan fingerprint density at radius 3 is 2.80 bits per heavy atom. The largest absolute Gasteiger partial charge is 0.390 e. The van der Waals surface area contributed by atoms with Crippen LogP contribution in [0.2, 0.25) is 0 Å². The van der Waals surface area contributed by atoms with Gasteiger partial charge in [-0.3, -0.25) is 0 Å². The Kier molecular flexibility index (Phi) is 3.43. The molecule has 5 fully saturated rings. The van der Waals surface area contributed by atoms with Crippen LogP contribution in [0.15, 0.2) is 12.2 Å². The summed E-state index contributed by atoms with van der Waals surface area (Å²) in [4.78, 5) is 0. The van der Waals surface area contributed by atoms with E-state index >= 15 is 0 Å². The van der Waals surface area contributed by atoms with Crippen molar-refractivity contribution in [3.8, 4) is 0 Å². The molecule has 0 aromatic carbocycles. The highest BCUT2D eigenvalue weighted by Gasteiger charge is 2.70. The number of hydrogen-bond donors (Lipinski definition) is 2. The molecule has 0 radical (unpaired) electrons. The number of fused-ring (bicyclic) bond motifs is 2. The van der Waals surface area contributed by atoms with E-state index in [1.807, 2.05) is 0 Å². The van der Waals surface area contributed by atoms with Crippen molar-refractivity contribution in [1.29, 1.82) is 0 Å². The molecule has 1 spiro atoms. The lowest BCUT2D eigenvalue weighted by Gasteiger charge is -2.68. The monoisotopic (exact) mass is 344 g/mol. The lowest BCUT2D eigenvalue weighted by atomic mass is 9.35. The molecule has 0 saturated heterocycles. The molecule has 138 valence electrons. The first-order valence-electron chi connectivity index (χ1n) is 10.5. The van der Waals surface area contributed by atoms with Crippen molar-refractivity contribution in [2.24, 2.45) is 34.0 Å². The summed E-state index contributed by atoms with van der Waals surface area (Å²) in [7, 11) is 0. The van der Waals surface area contributed by atoms with E-state index in [0.29, 0.717) is 17.3 Å². The van der Waals surface area contributed by atoms with Crippen LogP contribution in [-0.4, -0.2) is 46.8 Å². The van der Waals surface area contributed by atoms with Crippen LogP contribution < -0.4 is 0 Å². The summed E-state index contributed by atoms with van der Waals surface area (Å²) in [5, 5.41) is 20.8. The van der Waals surface area contributed by atoms with E-state index in [-0.39, 0.29) is 23.5 Å². The minimum absolute atomic E-state index is 0.0826. The summed E-state index contributed by atoms with van der Waals surface area (Å²) >= 11 is 0. The van der Waals surface area contributed by atoms with Gasteiger partial charge in [-0.25, -0.2) is 4.58 Å². The van der Waals surface area contributed by atoms with E-state index in [0.717, 1.165) is 24.6 Å². The maximum atomic E-state index is 11.2. The zero-order chi connectivity index (χ0) is 17.4. The average Bonchev–Trinajstić information content (AvgIpc) is 2.58. The number of aliphatic hydroxyl groups excluding tert-OH is 2. The third-order valence-electron chi connectivity index (χ3n) is 9.36. The van der Waals surface area contributed by atoms with Crippen molar-refractivity contribution in [2.45, 2.75) is 64.4 Å². The third-order valence-corrected chi connectivity index (χ3v) is 9.36. The molecule has 0 amide bonds. The van der Waals surface area contributed by atoms with Gasteiger partial charge in [0.2, 0.25) is 0 Å². The fourth-order valence-electron chi connectivity index (χ4n) is 8.50. The standard InChI is InChI=1S/C22H34NO2/c1-15-16-4-8-21(19(15)25)9-5-17-20(2)6-3-7-22(17,18(21)12-16)14-23(13-20)10-11-24/h14,16-19,24-25H,1,3-13H2,2H3/q+1/t16?,17-,18-,19-,20+,21+,22+/m1/s1. The van der Waals surface area contributed by atoms with Crippen LogP contribution in [-0.2, 0) is 0 Å². The molecule has 5 aliphatic carbocycles. The topological polar surface area (TPSA) is 43.5 Å². The second-order valence-corrected chi connectivity index (χ2v) is 10.3. The maximum Gasteiger partial charge on any atom is 0.165 e. The van der Waals surface area contributed by atoms with Gasteiger partial charge in [0, 0.05) is 10.8 Å². The smallest absolute Gasteiger partial charge is 0.165 e. The van der Waals surface area contributed by atoms with Gasteiger partial charge in [0.15, 0.2) is 6.54 Å². The Labute approximate surface area is 151 Å². The highest BCUT2D eigenvalue weighted by Crippen LogP contribution is 2.72. The highest BCUT2D eigenvalue weighted by molar-refractivity contribution is 5.65. The Hall–Kier alpha value is -0.670. The van der Waals surface area contributed by atoms with Gasteiger partial charge in [-0.05, 0) is 68.3 Å². The Morgan fingerprint density at radius 1 is 1.20 bits per heavy atom. The second-order valence-electron chi connectivity index (χ2n) is 10.3. The van der Waals surface area contributed by atoms with Crippen LogP contribution in [0.5, 0.6) is 0 Å². The van der Waals surface area contributed by atoms with Crippen LogP contribution in [0.3, 0.4) is 0 Å². The molecule has 3 nitrogen and oxygen atoms in total. The summed E-state index contributed by atoms with van der Waals surface area (Å²) < 4.78 is 2.44. The molecule has 3 heteroatoms. The summed E-state index contributed by atoms with van der Waals surface area (Å²) in [6, 6.07) is 0. The number of aliphatic hydroxyl groups is 2. The van der Waals surface area contributed by atoms with Gasteiger partial charge in [-0.2, -0.15) is 0 Å². The van der Waals surface area contributed by atoms with Crippen molar-refractivity contribution < 1.29 is 14.8 Å². The van der Waals surface area contributed by atoms with Gasteiger partial charge in [-0.1, -0.05) is 19.9 Å². The molecule has 0 aromatic heterocycles. The molecule has 5 saturated carbocycles. The number of rotatable bonds is 2. The Bertz CT molecular complexity index is 642. The van der Waals surface area contributed by atoms with Crippen molar-refractivity contribution in [2.75, 3.05) is 19.7 Å². The first-order valence-corrected chi connectivity index (χ1v) is 10.5. The fourth-order valence-corrected chi connectivity index (χ4v) is 8.50. The van der Waals surface area contributed by atoms with Gasteiger partial charge in [0.05, 0.1) is 11.5 Å². The third kappa shape index (κ3) is 1.92. The Morgan fingerprint density at radius 2 is 2.00 bits per heavy atom. The summed E-state index contributed by atoms with van der Waals surface area (Å²) in [6.45, 7) is 8.93. The molecule has 6 rings (SSSR count). The van der Waals surface area contributed by atoms with Crippen LogP contribution >= 0.6 is 0 Å². The number of nitrogens with zero attached hydrogens (tertiary/aromatic N) is 1. The van der Waals surface area contributed by atoms with Gasteiger partial charge >= 0.3 is 0 Å². The molecular weight excluding hydrogens is 310 g/mol. The SMILES string of the molecule is C=C1C2CC[C@@]3(CC[C@@H]4[C@@]5(C)CCC[C@@]4(C=[N+](CCO)C5)[C@@H]3C2)[C@@H]1O. The fraction of sp³-hybridized carbons (Fsp3) is 0.864. The maximum absolute atomic E-state index is 11.2. The molecule has 7 atom stereocenters. The summed E-state index contributed by atoms with van der Waals surface area (Å²) in [5.74, 6) is 1.91. The highest BCUT2D eigenvalue weighted by atomic mass is 16.3. The predicted molar refractivity (Wildman–Crippen MR) is 98.7 cm³/mol. The average molecular weight is 345 g/mol. The Balaban J connectivity index is 1.65. The van der Waals surface area contributed by atoms with Crippen LogP contribution in [0.25, 0.3) is 0 Å². The van der Waals surface area contributed by atoms with Crippen molar-refractivity contribution in [3.05, 3.63) is 12.2 Å². The van der Waals surface area contributed by atoms with E-state index in [9.17, 15) is 10.2 Å². The van der Waals surface area contributed by atoms with Gasteiger partial charge in [-0.15, -0.1) is 0 Å². The summed E-state index contributed by atoms with van der Waals surface area (Å²) in [5.41, 5.74) is 1.85. The molecule has 4 bridgehead atoms. The number of β-amino-alcohol motifs (C(OH)–C–C–N with tert-alkyl or cyclic N) is 1. The quantitative estimate of drug-likeness (QED) is 0.597. The van der Waals surface area contributed by atoms with E-state index in [1.165, 1.54) is 51.4 Å².